The number of hydrogen-bond donors (Lipinski definition) is 0. The Kier molecular flexibility index (Phi) is 3.20. The number of thiazole rings is 1. The van der Waals surface area contributed by atoms with E-state index in [2.05, 4.69) is 59.0 Å². The van der Waals surface area contributed by atoms with Gasteiger partial charge in [-0.15, -0.1) is 11.3 Å². The predicted molar refractivity (Wildman–Crippen MR) is 75.6 cm³/mol. The lowest BCUT2D eigenvalue weighted by Crippen LogP contribution is -1.90. The molecule has 3 rings (SSSR count). The van der Waals surface area contributed by atoms with Gasteiger partial charge in [0.25, 0.3) is 0 Å². The third-order valence-corrected chi connectivity index (χ3v) is 3.70. The average Bonchev–Trinajstić information content (AvgIpc) is 2.89. The van der Waals surface area contributed by atoms with Crippen LogP contribution in [0.15, 0.2) is 60.7 Å². The summed E-state index contributed by atoms with van der Waals surface area (Å²) in [7, 11) is 0. The first-order valence-corrected chi connectivity index (χ1v) is 6.70. The summed E-state index contributed by atoms with van der Waals surface area (Å²) in [5.41, 5.74) is 6.63. The smallest absolute Gasteiger partial charge is 0.153 e. The van der Waals surface area contributed by atoms with Crippen molar-refractivity contribution in [3.63, 3.8) is 0 Å². The Bertz CT molecular complexity index is 614. The van der Waals surface area contributed by atoms with Crippen molar-refractivity contribution in [2.24, 2.45) is 0 Å². The molecule has 0 bridgehead atoms. The van der Waals surface area contributed by atoms with E-state index in [1.54, 1.807) is 11.3 Å². The zero-order valence-corrected chi connectivity index (χ0v) is 10.7. The third kappa shape index (κ3) is 2.34. The van der Waals surface area contributed by atoms with E-state index in [1.165, 1.54) is 16.0 Å². The zero-order chi connectivity index (χ0) is 12.2. The molecule has 0 aliphatic carbocycles. The normalized spacial score (nSPS) is 10.4. The van der Waals surface area contributed by atoms with Crippen LogP contribution >= 0.6 is 11.3 Å². The number of benzene rings is 2. The Hall–Kier alpha value is -1.93. The molecule has 0 saturated heterocycles. The van der Waals surface area contributed by atoms with Crippen molar-refractivity contribution in [2.45, 2.75) is 6.42 Å². The van der Waals surface area contributed by atoms with Crippen LogP contribution in [0.1, 0.15) is 11.3 Å². The number of aromatic nitrogens is 1. The van der Waals surface area contributed by atoms with Crippen LogP contribution in [0.5, 0.6) is 0 Å². The molecule has 1 nitrogen and oxygen atoms in total. The zero-order valence-electron chi connectivity index (χ0n) is 9.84. The first kappa shape index (κ1) is 11.2. The minimum absolute atomic E-state index is 0.866. The minimum atomic E-state index is 0.866. The predicted octanol–water partition coefficient (Wildman–Crippen LogP) is 4.20. The molecule has 0 aliphatic rings. The molecule has 2 heteroatoms. The second-order valence-corrected chi connectivity index (χ2v) is 4.90. The van der Waals surface area contributed by atoms with Crippen LogP contribution in [-0.2, 0) is 6.42 Å². The van der Waals surface area contributed by atoms with Gasteiger partial charge in [-0.1, -0.05) is 60.7 Å². The van der Waals surface area contributed by atoms with Gasteiger partial charge in [0.15, 0.2) is 5.51 Å². The van der Waals surface area contributed by atoms with Gasteiger partial charge in [0.2, 0.25) is 0 Å². The summed E-state index contributed by atoms with van der Waals surface area (Å²) >= 11 is 1.59. The molecule has 0 unspecified atom stereocenters. The fourth-order valence-electron chi connectivity index (χ4n) is 1.96. The van der Waals surface area contributed by atoms with Gasteiger partial charge in [-0.05, 0) is 11.1 Å². The maximum absolute atomic E-state index is 4.38. The quantitative estimate of drug-likeness (QED) is 0.679. The van der Waals surface area contributed by atoms with Crippen molar-refractivity contribution in [1.82, 2.24) is 4.98 Å². The lowest BCUT2D eigenvalue weighted by molar-refractivity contribution is 1.11. The second-order valence-electron chi connectivity index (χ2n) is 4.11. The molecule has 87 valence electrons. The monoisotopic (exact) mass is 250 g/mol. The maximum Gasteiger partial charge on any atom is 0.153 e. The van der Waals surface area contributed by atoms with Crippen molar-refractivity contribution >= 4 is 11.3 Å². The van der Waals surface area contributed by atoms with E-state index < -0.39 is 0 Å². The molecule has 2 aromatic carbocycles. The summed E-state index contributed by atoms with van der Waals surface area (Å²) in [4.78, 5) is 5.60. The van der Waals surface area contributed by atoms with Gasteiger partial charge < -0.3 is 0 Å². The van der Waals surface area contributed by atoms with Crippen molar-refractivity contribution in [3.05, 3.63) is 77.4 Å². The molecule has 1 radical (unpaired) electrons. The molecule has 1 heterocycles. The van der Waals surface area contributed by atoms with Crippen LogP contribution in [0.4, 0.5) is 0 Å². The van der Waals surface area contributed by atoms with E-state index in [0.29, 0.717) is 0 Å². The van der Waals surface area contributed by atoms with Gasteiger partial charge in [-0.2, -0.15) is 0 Å². The van der Waals surface area contributed by atoms with Crippen molar-refractivity contribution in [3.8, 4) is 10.4 Å². The molecule has 1 aromatic heterocycles. The van der Waals surface area contributed by atoms with Crippen LogP contribution in [0.3, 0.4) is 0 Å². The van der Waals surface area contributed by atoms with Gasteiger partial charge in [0.1, 0.15) is 0 Å². The summed E-state index contributed by atoms with van der Waals surface area (Å²) in [6, 6.07) is 20.8. The van der Waals surface area contributed by atoms with Crippen LogP contribution in [-0.4, -0.2) is 4.98 Å². The molecule has 0 atom stereocenters. The topological polar surface area (TPSA) is 12.9 Å². The Morgan fingerprint density at radius 2 is 1.56 bits per heavy atom. The standard InChI is InChI=1S/C16H12NS/c1-3-7-13(8-4-1)11-15-16(18-12-17-15)14-9-5-2-6-10-14/h1-10H,11H2. The lowest BCUT2D eigenvalue weighted by Gasteiger charge is -2.02. The highest BCUT2D eigenvalue weighted by Crippen LogP contribution is 2.28. The van der Waals surface area contributed by atoms with Gasteiger partial charge in [0, 0.05) is 6.42 Å². The molecule has 0 saturated carbocycles. The van der Waals surface area contributed by atoms with Crippen LogP contribution in [0.25, 0.3) is 10.4 Å². The molecule has 0 aliphatic heterocycles. The highest BCUT2D eigenvalue weighted by Gasteiger charge is 2.09. The van der Waals surface area contributed by atoms with Gasteiger partial charge in [-0.3, -0.25) is 0 Å². The first-order chi connectivity index (χ1) is 8.93. The van der Waals surface area contributed by atoms with E-state index in [0.717, 1.165) is 12.1 Å². The first-order valence-electron chi connectivity index (χ1n) is 5.88. The Balaban J connectivity index is 1.93. The highest BCUT2D eigenvalue weighted by atomic mass is 32.1. The molecular weight excluding hydrogens is 238 g/mol. The Morgan fingerprint density at radius 1 is 0.889 bits per heavy atom. The molecule has 3 aromatic rings. The average molecular weight is 250 g/mol. The molecule has 18 heavy (non-hydrogen) atoms. The molecule has 0 spiro atoms. The molecule has 0 N–H and O–H groups in total. The summed E-state index contributed by atoms with van der Waals surface area (Å²) in [5, 5.41) is 0. The SMILES string of the molecule is [c]1nc(Cc2ccccc2)c(-c2ccccc2)s1. The fraction of sp³-hybridized carbons (Fsp3) is 0.0625. The Labute approximate surface area is 111 Å². The minimum Gasteiger partial charge on any atom is -0.238 e. The summed E-state index contributed by atoms with van der Waals surface area (Å²) < 4.78 is 0. The van der Waals surface area contributed by atoms with Crippen LogP contribution < -0.4 is 0 Å². The summed E-state index contributed by atoms with van der Waals surface area (Å²) in [6.45, 7) is 0. The van der Waals surface area contributed by atoms with E-state index in [9.17, 15) is 0 Å². The number of rotatable bonds is 3. The van der Waals surface area contributed by atoms with E-state index >= 15 is 0 Å². The lowest BCUT2D eigenvalue weighted by atomic mass is 10.1. The Morgan fingerprint density at radius 3 is 2.28 bits per heavy atom. The van der Waals surface area contributed by atoms with Gasteiger partial charge in [-0.25, -0.2) is 4.98 Å². The van der Waals surface area contributed by atoms with Crippen molar-refractivity contribution < 1.29 is 0 Å². The molecular formula is C16H12NS. The van der Waals surface area contributed by atoms with Gasteiger partial charge in [0.05, 0.1) is 10.6 Å². The van der Waals surface area contributed by atoms with Crippen molar-refractivity contribution in [1.29, 1.82) is 0 Å². The van der Waals surface area contributed by atoms with Crippen molar-refractivity contribution in [2.75, 3.05) is 0 Å². The second kappa shape index (κ2) is 5.15. The largest absolute Gasteiger partial charge is 0.238 e. The van der Waals surface area contributed by atoms with E-state index in [4.69, 9.17) is 0 Å². The van der Waals surface area contributed by atoms with Crippen LogP contribution in [0, 0.1) is 5.51 Å². The molecule has 0 fully saturated rings. The maximum atomic E-state index is 4.38. The third-order valence-electron chi connectivity index (χ3n) is 2.84. The summed E-state index contributed by atoms with van der Waals surface area (Å²) in [6.07, 6.45) is 0.866. The summed E-state index contributed by atoms with van der Waals surface area (Å²) in [5.74, 6) is 0. The highest BCUT2D eigenvalue weighted by molar-refractivity contribution is 7.13. The number of nitrogens with zero attached hydrogens (tertiary/aromatic N) is 1. The van der Waals surface area contributed by atoms with E-state index in [-0.39, 0.29) is 0 Å². The fourth-order valence-corrected chi connectivity index (χ4v) is 2.69. The van der Waals surface area contributed by atoms with Gasteiger partial charge >= 0.3 is 0 Å². The molecule has 0 amide bonds. The van der Waals surface area contributed by atoms with Crippen LogP contribution in [0.2, 0.25) is 0 Å². The van der Waals surface area contributed by atoms with E-state index in [1.807, 2.05) is 12.1 Å². The number of hydrogen-bond acceptors (Lipinski definition) is 2.